The number of benzene rings is 1. The third kappa shape index (κ3) is 4.15. The first-order valence-corrected chi connectivity index (χ1v) is 7.88. The Morgan fingerprint density at radius 1 is 1.25 bits per heavy atom. The van der Waals surface area contributed by atoms with Crippen molar-refractivity contribution in [1.82, 2.24) is 15.6 Å². The van der Waals surface area contributed by atoms with Gasteiger partial charge in [-0.2, -0.15) is 0 Å². The fourth-order valence-corrected chi connectivity index (χ4v) is 2.55. The Labute approximate surface area is 140 Å². The van der Waals surface area contributed by atoms with E-state index in [1.54, 1.807) is 38.2 Å². The Morgan fingerprint density at radius 3 is 2.58 bits per heavy atom. The van der Waals surface area contributed by atoms with E-state index in [0.717, 1.165) is 6.42 Å². The average Bonchev–Trinajstić information content (AvgIpc) is 3.09. The van der Waals surface area contributed by atoms with Crippen molar-refractivity contribution in [3.05, 3.63) is 29.8 Å². The molecule has 3 amide bonds. The second kappa shape index (κ2) is 8.19. The summed E-state index contributed by atoms with van der Waals surface area (Å²) in [4.78, 5) is 37.1. The molecule has 8 nitrogen and oxygen atoms in total. The van der Waals surface area contributed by atoms with Crippen molar-refractivity contribution in [3.8, 4) is 0 Å². The highest BCUT2D eigenvalue weighted by Gasteiger charge is 2.33. The van der Waals surface area contributed by atoms with E-state index in [0.29, 0.717) is 30.8 Å². The topological polar surface area (TPSA) is 99.8 Å². The molecule has 0 spiro atoms. The molecule has 24 heavy (non-hydrogen) atoms. The van der Waals surface area contributed by atoms with Gasteiger partial charge < -0.3 is 15.0 Å². The first-order valence-electron chi connectivity index (χ1n) is 7.88. The Kier molecular flexibility index (Phi) is 6.00. The summed E-state index contributed by atoms with van der Waals surface area (Å²) in [6.07, 6.45) is 1.42. The monoisotopic (exact) mass is 334 g/mol. The van der Waals surface area contributed by atoms with Crippen LogP contribution in [0.3, 0.4) is 0 Å². The van der Waals surface area contributed by atoms with E-state index in [1.165, 1.54) is 4.90 Å². The lowest BCUT2D eigenvalue weighted by atomic mass is 10.2. The van der Waals surface area contributed by atoms with Gasteiger partial charge in [0.1, 0.15) is 6.04 Å². The molecular weight excluding hydrogens is 312 g/mol. The smallest absolute Gasteiger partial charge is 0.338 e. The summed E-state index contributed by atoms with van der Waals surface area (Å²) in [5, 5.41) is 2.54. The van der Waals surface area contributed by atoms with Crippen LogP contribution in [0.15, 0.2) is 24.3 Å². The van der Waals surface area contributed by atoms with Crippen LogP contribution in [0.1, 0.15) is 30.1 Å². The van der Waals surface area contributed by atoms with Crippen molar-refractivity contribution in [2.75, 3.05) is 25.6 Å². The molecule has 130 valence electrons. The number of anilines is 1. The molecule has 8 heteroatoms. The number of carbonyl (C=O) groups excluding carboxylic acids is 3. The molecule has 0 saturated carbocycles. The molecule has 1 aromatic carbocycles. The molecule has 3 N–H and O–H groups in total. The number of carbonyl (C=O) groups is 3. The van der Waals surface area contributed by atoms with Gasteiger partial charge in [0.15, 0.2) is 0 Å². The first kappa shape index (κ1) is 17.6. The van der Waals surface area contributed by atoms with Gasteiger partial charge in [-0.05, 0) is 44.0 Å². The maximum atomic E-state index is 12.2. The van der Waals surface area contributed by atoms with Crippen molar-refractivity contribution in [1.29, 1.82) is 0 Å². The molecule has 0 bridgehead atoms. The number of amides is 3. The minimum atomic E-state index is -0.490. The SMILES string of the molecule is CCOC(=O)c1ccc(NNC(=O)[C@@H]2CCCN2C(=O)NC)cc1. The Balaban J connectivity index is 1.89. The summed E-state index contributed by atoms with van der Waals surface area (Å²) >= 11 is 0. The van der Waals surface area contributed by atoms with Gasteiger partial charge in [-0.1, -0.05) is 0 Å². The summed E-state index contributed by atoms with van der Waals surface area (Å²) in [6, 6.07) is 5.80. The number of hydrogen-bond acceptors (Lipinski definition) is 5. The Morgan fingerprint density at radius 2 is 1.96 bits per heavy atom. The Hall–Kier alpha value is -2.77. The Bertz CT molecular complexity index is 603. The summed E-state index contributed by atoms with van der Waals surface area (Å²) in [7, 11) is 1.54. The molecule has 1 saturated heterocycles. The van der Waals surface area contributed by atoms with Crippen LogP contribution in [0.4, 0.5) is 10.5 Å². The van der Waals surface area contributed by atoms with Gasteiger partial charge in [0.05, 0.1) is 17.9 Å². The van der Waals surface area contributed by atoms with Crippen LogP contribution in [0.2, 0.25) is 0 Å². The molecule has 0 unspecified atom stereocenters. The predicted molar refractivity (Wildman–Crippen MR) is 88.3 cm³/mol. The molecular formula is C16H22N4O4. The van der Waals surface area contributed by atoms with Crippen molar-refractivity contribution < 1.29 is 19.1 Å². The highest BCUT2D eigenvalue weighted by Crippen LogP contribution is 2.17. The normalized spacial score (nSPS) is 16.4. The molecule has 1 aliphatic heterocycles. The summed E-state index contributed by atoms with van der Waals surface area (Å²) in [5.41, 5.74) is 6.45. The number of rotatable bonds is 5. The van der Waals surface area contributed by atoms with Crippen molar-refractivity contribution in [2.45, 2.75) is 25.8 Å². The van der Waals surface area contributed by atoms with E-state index in [-0.39, 0.29) is 17.9 Å². The third-order valence-electron chi connectivity index (χ3n) is 3.76. The lowest BCUT2D eigenvalue weighted by Gasteiger charge is -2.23. The van der Waals surface area contributed by atoms with Crippen LogP contribution < -0.4 is 16.2 Å². The molecule has 2 rings (SSSR count). The number of hydrogen-bond donors (Lipinski definition) is 3. The van der Waals surface area contributed by atoms with E-state index in [9.17, 15) is 14.4 Å². The van der Waals surface area contributed by atoms with Crippen LogP contribution in [-0.4, -0.2) is 49.0 Å². The lowest BCUT2D eigenvalue weighted by molar-refractivity contribution is -0.124. The fourth-order valence-electron chi connectivity index (χ4n) is 2.55. The van der Waals surface area contributed by atoms with Crippen LogP contribution in [0.5, 0.6) is 0 Å². The van der Waals surface area contributed by atoms with Gasteiger partial charge in [-0.15, -0.1) is 0 Å². The lowest BCUT2D eigenvalue weighted by Crippen LogP contribution is -2.49. The zero-order valence-electron chi connectivity index (χ0n) is 13.8. The predicted octanol–water partition coefficient (Wildman–Crippen LogP) is 1.11. The standard InChI is InChI=1S/C16H22N4O4/c1-3-24-15(22)11-6-8-12(9-7-11)18-19-14(21)13-5-4-10-20(13)16(23)17-2/h6-9,13,18H,3-5,10H2,1-2H3,(H,17,23)(H,19,21)/t13-/m0/s1. The van der Waals surface area contributed by atoms with E-state index in [4.69, 9.17) is 4.74 Å². The quantitative estimate of drug-likeness (QED) is 0.553. The molecule has 0 aliphatic carbocycles. The van der Waals surface area contributed by atoms with Gasteiger partial charge in [0, 0.05) is 13.6 Å². The molecule has 1 aromatic rings. The van der Waals surface area contributed by atoms with Crippen LogP contribution >= 0.6 is 0 Å². The maximum Gasteiger partial charge on any atom is 0.338 e. The zero-order chi connectivity index (χ0) is 17.5. The largest absolute Gasteiger partial charge is 0.462 e. The zero-order valence-corrected chi connectivity index (χ0v) is 13.8. The second-order valence-corrected chi connectivity index (χ2v) is 5.32. The number of esters is 1. The second-order valence-electron chi connectivity index (χ2n) is 5.32. The van der Waals surface area contributed by atoms with E-state index < -0.39 is 6.04 Å². The molecule has 0 radical (unpaired) electrons. The number of likely N-dealkylation sites (tertiary alicyclic amines) is 1. The van der Waals surface area contributed by atoms with Crippen molar-refractivity contribution >= 4 is 23.6 Å². The highest BCUT2D eigenvalue weighted by atomic mass is 16.5. The van der Waals surface area contributed by atoms with Gasteiger partial charge in [-0.3, -0.25) is 15.6 Å². The minimum absolute atomic E-state index is 0.258. The van der Waals surface area contributed by atoms with Crippen molar-refractivity contribution in [3.63, 3.8) is 0 Å². The van der Waals surface area contributed by atoms with Gasteiger partial charge in [0.25, 0.3) is 5.91 Å². The number of hydrazine groups is 1. The number of nitrogens with one attached hydrogen (secondary N) is 3. The third-order valence-corrected chi connectivity index (χ3v) is 3.76. The molecule has 0 aromatic heterocycles. The molecule has 1 heterocycles. The van der Waals surface area contributed by atoms with E-state index in [2.05, 4.69) is 16.2 Å². The fraction of sp³-hybridized carbons (Fsp3) is 0.438. The summed E-state index contributed by atoms with van der Waals surface area (Å²) < 4.78 is 4.91. The molecule has 1 fully saturated rings. The maximum absolute atomic E-state index is 12.2. The number of nitrogens with zero attached hydrogens (tertiary/aromatic N) is 1. The number of ether oxygens (including phenoxy) is 1. The van der Waals surface area contributed by atoms with Crippen molar-refractivity contribution in [2.24, 2.45) is 0 Å². The molecule has 1 aliphatic rings. The van der Waals surface area contributed by atoms with Crippen LogP contribution in [-0.2, 0) is 9.53 Å². The van der Waals surface area contributed by atoms with Crippen LogP contribution in [0.25, 0.3) is 0 Å². The van der Waals surface area contributed by atoms with Gasteiger partial charge in [0.2, 0.25) is 0 Å². The number of urea groups is 1. The average molecular weight is 334 g/mol. The van der Waals surface area contributed by atoms with Crippen LogP contribution in [0, 0.1) is 0 Å². The first-order chi connectivity index (χ1) is 11.6. The van der Waals surface area contributed by atoms with Gasteiger partial charge >= 0.3 is 12.0 Å². The van der Waals surface area contributed by atoms with E-state index in [1.807, 2.05) is 0 Å². The summed E-state index contributed by atoms with van der Waals surface area (Å²) in [6.45, 7) is 2.62. The molecule has 1 atom stereocenters. The summed E-state index contributed by atoms with van der Waals surface area (Å²) in [5.74, 6) is -0.661. The van der Waals surface area contributed by atoms with Gasteiger partial charge in [-0.25, -0.2) is 9.59 Å². The highest BCUT2D eigenvalue weighted by molar-refractivity contribution is 5.90. The minimum Gasteiger partial charge on any atom is -0.462 e. The van der Waals surface area contributed by atoms with E-state index >= 15 is 0 Å².